The molecule has 4 nitrogen and oxygen atoms in total. The molecule has 1 aromatic carbocycles. The van der Waals surface area contributed by atoms with Crippen LogP contribution in [0.15, 0.2) is 22.7 Å². The van der Waals surface area contributed by atoms with Gasteiger partial charge in [0.1, 0.15) is 5.75 Å². The Balaban J connectivity index is 3.03. The molecule has 0 amide bonds. The van der Waals surface area contributed by atoms with E-state index >= 15 is 0 Å². The van der Waals surface area contributed by atoms with Crippen molar-refractivity contribution in [2.75, 3.05) is 0 Å². The van der Waals surface area contributed by atoms with Gasteiger partial charge in [0.25, 0.3) is 0 Å². The second kappa shape index (κ2) is 3.76. The molecule has 1 aromatic rings. The average molecular weight is 247 g/mol. The zero-order valence-electron chi connectivity index (χ0n) is 6.44. The van der Waals surface area contributed by atoms with Gasteiger partial charge in [0, 0.05) is 0 Å². The number of hydrogen-bond donors (Lipinski definition) is 3. The quantitative estimate of drug-likeness (QED) is 0.735. The fourth-order valence-corrected chi connectivity index (χ4v) is 1.23. The normalized spacial score (nSPS) is 12.5. The Labute approximate surface area is 82.6 Å². The van der Waals surface area contributed by atoms with E-state index in [4.69, 9.17) is 15.3 Å². The summed E-state index contributed by atoms with van der Waals surface area (Å²) in [6, 6.07) is 4.01. The Morgan fingerprint density at radius 1 is 1.46 bits per heavy atom. The highest BCUT2D eigenvalue weighted by Crippen LogP contribution is 2.26. The molecule has 70 valence electrons. The van der Waals surface area contributed by atoms with Gasteiger partial charge in [0.05, 0.1) is 4.47 Å². The molecule has 1 rings (SSSR count). The van der Waals surface area contributed by atoms with Crippen LogP contribution in [0, 0.1) is 0 Å². The molecule has 0 aliphatic heterocycles. The molecule has 13 heavy (non-hydrogen) atoms. The van der Waals surface area contributed by atoms with Gasteiger partial charge in [-0.25, -0.2) is 4.79 Å². The summed E-state index contributed by atoms with van der Waals surface area (Å²) >= 11 is 3.01. The number of phenols is 1. The summed E-state index contributed by atoms with van der Waals surface area (Å²) in [6.07, 6.45) is -1.56. The van der Waals surface area contributed by atoms with Gasteiger partial charge in [-0.2, -0.15) is 0 Å². The standard InChI is InChI=1S/C8H7BrO4/c9-5-3-4(1-2-6(5)10)7(11)8(12)13/h1-3,7,10-11H,(H,12,13). The number of carbonyl (C=O) groups is 1. The van der Waals surface area contributed by atoms with Crippen LogP contribution in [-0.2, 0) is 4.79 Å². The lowest BCUT2D eigenvalue weighted by molar-refractivity contribution is -0.146. The summed E-state index contributed by atoms with van der Waals surface area (Å²) < 4.78 is 0.352. The lowest BCUT2D eigenvalue weighted by Gasteiger charge is -2.06. The minimum atomic E-state index is -1.56. The maximum atomic E-state index is 10.4. The number of halogens is 1. The van der Waals surface area contributed by atoms with E-state index in [0.717, 1.165) is 0 Å². The van der Waals surface area contributed by atoms with Crippen molar-refractivity contribution in [1.29, 1.82) is 0 Å². The van der Waals surface area contributed by atoms with Gasteiger partial charge in [-0.1, -0.05) is 6.07 Å². The second-order valence-corrected chi connectivity index (χ2v) is 3.31. The SMILES string of the molecule is O=C(O)C(O)c1ccc(O)c(Br)c1. The molecule has 5 heteroatoms. The van der Waals surface area contributed by atoms with Crippen LogP contribution in [0.1, 0.15) is 11.7 Å². The van der Waals surface area contributed by atoms with E-state index in [-0.39, 0.29) is 11.3 Å². The fourth-order valence-electron chi connectivity index (χ4n) is 0.836. The molecular formula is C8H7BrO4. The van der Waals surface area contributed by atoms with Crippen LogP contribution in [-0.4, -0.2) is 21.3 Å². The Bertz CT molecular complexity index is 337. The number of aromatic hydroxyl groups is 1. The first kappa shape index (κ1) is 10.0. The van der Waals surface area contributed by atoms with Crippen LogP contribution >= 0.6 is 15.9 Å². The summed E-state index contributed by atoms with van der Waals surface area (Å²) in [5.74, 6) is -1.32. The maximum absolute atomic E-state index is 10.4. The first-order valence-corrected chi connectivity index (χ1v) is 4.21. The van der Waals surface area contributed by atoms with Crippen LogP contribution in [0.4, 0.5) is 0 Å². The fraction of sp³-hybridized carbons (Fsp3) is 0.125. The molecule has 3 N–H and O–H groups in total. The predicted octanol–water partition coefficient (Wildman–Crippen LogP) is 1.27. The van der Waals surface area contributed by atoms with E-state index in [1.54, 1.807) is 0 Å². The minimum absolute atomic E-state index is 0.00124. The Morgan fingerprint density at radius 2 is 2.08 bits per heavy atom. The number of benzene rings is 1. The first-order valence-electron chi connectivity index (χ1n) is 3.41. The molecule has 0 saturated carbocycles. The number of hydrogen-bond acceptors (Lipinski definition) is 3. The predicted molar refractivity (Wildman–Crippen MR) is 48.4 cm³/mol. The third kappa shape index (κ3) is 2.19. The number of carboxylic acids is 1. The molecule has 1 atom stereocenters. The largest absolute Gasteiger partial charge is 0.507 e. The topological polar surface area (TPSA) is 77.8 Å². The molecule has 0 radical (unpaired) electrons. The molecule has 0 fully saturated rings. The van der Waals surface area contributed by atoms with Crippen LogP contribution in [0.5, 0.6) is 5.75 Å². The number of carboxylic acid groups (broad SMARTS) is 1. The monoisotopic (exact) mass is 246 g/mol. The summed E-state index contributed by atoms with van der Waals surface area (Å²) in [4.78, 5) is 10.4. The molecule has 0 heterocycles. The van der Waals surface area contributed by atoms with Crippen molar-refractivity contribution in [3.8, 4) is 5.75 Å². The highest BCUT2D eigenvalue weighted by Gasteiger charge is 2.16. The summed E-state index contributed by atoms with van der Waals surface area (Å²) in [6.45, 7) is 0. The van der Waals surface area contributed by atoms with Gasteiger partial charge in [-0.15, -0.1) is 0 Å². The highest BCUT2D eigenvalue weighted by molar-refractivity contribution is 9.10. The molecule has 0 spiro atoms. The van der Waals surface area contributed by atoms with Gasteiger partial charge in [0.15, 0.2) is 6.10 Å². The van der Waals surface area contributed by atoms with E-state index in [1.165, 1.54) is 18.2 Å². The summed E-state index contributed by atoms with van der Waals surface area (Å²) in [7, 11) is 0. The van der Waals surface area contributed by atoms with E-state index in [2.05, 4.69) is 15.9 Å². The van der Waals surface area contributed by atoms with Gasteiger partial charge in [-0.05, 0) is 33.6 Å². The molecule has 0 aliphatic rings. The Hall–Kier alpha value is -1.07. The van der Waals surface area contributed by atoms with E-state index < -0.39 is 12.1 Å². The third-order valence-electron chi connectivity index (χ3n) is 1.52. The minimum Gasteiger partial charge on any atom is -0.507 e. The zero-order chi connectivity index (χ0) is 10.0. The Kier molecular flexibility index (Phi) is 2.90. The lowest BCUT2D eigenvalue weighted by atomic mass is 10.1. The van der Waals surface area contributed by atoms with E-state index in [0.29, 0.717) is 4.47 Å². The van der Waals surface area contributed by atoms with Crippen molar-refractivity contribution >= 4 is 21.9 Å². The first-order chi connectivity index (χ1) is 6.02. The summed E-state index contributed by atoms with van der Waals surface area (Å²) in [5, 5.41) is 26.7. The van der Waals surface area contributed by atoms with Crippen molar-refractivity contribution in [3.05, 3.63) is 28.2 Å². The van der Waals surface area contributed by atoms with Gasteiger partial charge < -0.3 is 15.3 Å². The zero-order valence-corrected chi connectivity index (χ0v) is 8.02. The van der Waals surface area contributed by atoms with Crippen LogP contribution in [0.25, 0.3) is 0 Å². The lowest BCUT2D eigenvalue weighted by Crippen LogP contribution is -2.10. The molecule has 0 saturated heterocycles. The third-order valence-corrected chi connectivity index (χ3v) is 2.16. The van der Waals surface area contributed by atoms with Crippen molar-refractivity contribution in [2.45, 2.75) is 6.10 Å². The molecule has 0 aliphatic carbocycles. The average Bonchev–Trinajstić information content (AvgIpc) is 2.08. The van der Waals surface area contributed by atoms with Gasteiger partial charge in [-0.3, -0.25) is 0 Å². The van der Waals surface area contributed by atoms with E-state index in [1.807, 2.05) is 0 Å². The van der Waals surface area contributed by atoms with Gasteiger partial charge in [0.2, 0.25) is 0 Å². The smallest absolute Gasteiger partial charge is 0.337 e. The van der Waals surface area contributed by atoms with Crippen molar-refractivity contribution < 1.29 is 20.1 Å². The van der Waals surface area contributed by atoms with Crippen molar-refractivity contribution in [1.82, 2.24) is 0 Å². The molecule has 1 unspecified atom stereocenters. The van der Waals surface area contributed by atoms with Crippen molar-refractivity contribution in [2.24, 2.45) is 0 Å². The number of rotatable bonds is 2. The summed E-state index contributed by atoms with van der Waals surface area (Å²) in [5.41, 5.74) is 0.220. The van der Waals surface area contributed by atoms with Gasteiger partial charge >= 0.3 is 5.97 Å². The highest BCUT2D eigenvalue weighted by atomic mass is 79.9. The van der Waals surface area contributed by atoms with Crippen LogP contribution < -0.4 is 0 Å². The van der Waals surface area contributed by atoms with E-state index in [9.17, 15) is 4.79 Å². The van der Waals surface area contributed by atoms with Crippen molar-refractivity contribution in [3.63, 3.8) is 0 Å². The molecular weight excluding hydrogens is 240 g/mol. The maximum Gasteiger partial charge on any atom is 0.337 e. The molecule has 0 bridgehead atoms. The number of aliphatic hydroxyl groups excluding tert-OH is 1. The van der Waals surface area contributed by atoms with Crippen LogP contribution in [0.3, 0.4) is 0 Å². The second-order valence-electron chi connectivity index (χ2n) is 2.45. The number of phenolic OH excluding ortho intramolecular Hbond substituents is 1. The number of aliphatic hydroxyl groups is 1. The number of aliphatic carboxylic acids is 1. The molecule has 0 aromatic heterocycles. The van der Waals surface area contributed by atoms with Crippen LogP contribution in [0.2, 0.25) is 0 Å². The Morgan fingerprint density at radius 3 is 2.54 bits per heavy atom.